The van der Waals surface area contributed by atoms with Gasteiger partial charge in [0, 0.05) is 19.3 Å². The number of aliphatic hydroxyl groups excluding tert-OH is 1. The molecule has 1 saturated heterocycles. The first-order valence-electron chi connectivity index (χ1n) is 5.81. The highest BCUT2D eigenvalue weighted by Gasteiger charge is 2.28. The zero-order valence-electron chi connectivity index (χ0n) is 10.1. The third kappa shape index (κ3) is 2.60. The Kier molecular flexibility index (Phi) is 3.78. The zero-order chi connectivity index (χ0) is 13.1. The average molecular weight is 252 g/mol. The summed E-state index contributed by atoms with van der Waals surface area (Å²) >= 11 is 0. The van der Waals surface area contributed by atoms with Gasteiger partial charge in [0.2, 0.25) is 0 Å². The van der Waals surface area contributed by atoms with Crippen molar-refractivity contribution < 1.29 is 19.7 Å². The number of hydrogen-bond donors (Lipinski definition) is 2. The first kappa shape index (κ1) is 12.8. The van der Waals surface area contributed by atoms with E-state index in [1.807, 2.05) is 11.8 Å². The number of ether oxygens (including phenoxy) is 1. The number of rotatable bonds is 3. The molecule has 1 fully saturated rings. The Morgan fingerprint density at radius 3 is 3.06 bits per heavy atom. The molecule has 0 saturated carbocycles. The van der Waals surface area contributed by atoms with E-state index in [0.29, 0.717) is 18.9 Å². The Balaban J connectivity index is 2.27. The van der Waals surface area contributed by atoms with Crippen LogP contribution in [0.4, 0.5) is 5.82 Å². The number of aromatic nitrogens is 1. The van der Waals surface area contributed by atoms with Crippen LogP contribution in [0.15, 0.2) is 18.3 Å². The van der Waals surface area contributed by atoms with Crippen LogP contribution in [-0.4, -0.2) is 53.1 Å². The molecule has 2 heterocycles. The van der Waals surface area contributed by atoms with Crippen molar-refractivity contribution in [3.63, 3.8) is 0 Å². The molecule has 0 radical (unpaired) electrons. The molecule has 1 aromatic rings. The monoisotopic (exact) mass is 252 g/mol. The van der Waals surface area contributed by atoms with E-state index in [-0.39, 0.29) is 24.4 Å². The van der Waals surface area contributed by atoms with E-state index in [1.165, 1.54) is 6.07 Å². The standard InChI is InChI=1S/C12H16N2O4/c1-8-5-14(6-9(7-15)18-8)11-10(12(16)17)3-2-4-13-11/h2-4,8-9,15H,5-7H2,1H3,(H,16,17). The number of aliphatic hydroxyl groups is 1. The summed E-state index contributed by atoms with van der Waals surface area (Å²) in [5.41, 5.74) is 0.170. The molecule has 0 aromatic carbocycles. The Morgan fingerprint density at radius 1 is 1.61 bits per heavy atom. The summed E-state index contributed by atoms with van der Waals surface area (Å²) in [6.45, 7) is 2.81. The molecule has 2 atom stereocenters. The summed E-state index contributed by atoms with van der Waals surface area (Å²) in [6, 6.07) is 3.12. The lowest BCUT2D eigenvalue weighted by molar-refractivity contribution is -0.0423. The Bertz CT molecular complexity index is 438. The molecule has 6 nitrogen and oxygen atoms in total. The lowest BCUT2D eigenvalue weighted by Crippen LogP contribution is -2.48. The maximum Gasteiger partial charge on any atom is 0.339 e. The molecule has 98 valence electrons. The quantitative estimate of drug-likeness (QED) is 0.808. The van der Waals surface area contributed by atoms with Gasteiger partial charge in [-0.25, -0.2) is 9.78 Å². The number of pyridine rings is 1. The number of anilines is 1. The highest BCUT2D eigenvalue weighted by Crippen LogP contribution is 2.21. The Morgan fingerprint density at radius 2 is 2.39 bits per heavy atom. The average Bonchev–Trinajstić information content (AvgIpc) is 2.38. The van der Waals surface area contributed by atoms with Crippen molar-refractivity contribution in [2.24, 2.45) is 0 Å². The number of nitrogens with zero attached hydrogens (tertiary/aromatic N) is 2. The van der Waals surface area contributed by atoms with Crippen LogP contribution in [0, 0.1) is 0 Å². The van der Waals surface area contributed by atoms with Crippen LogP contribution in [0.2, 0.25) is 0 Å². The summed E-state index contributed by atoms with van der Waals surface area (Å²) in [7, 11) is 0. The minimum Gasteiger partial charge on any atom is -0.478 e. The molecule has 2 unspecified atom stereocenters. The van der Waals surface area contributed by atoms with Crippen molar-refractivity contribution in [1.82, 2.24) is 4.98 Å². The molecule has 2 N–H and O–H groups in total. The fourth-order valence-electron chi connectivity index (χ4n) is 2.13. The van der Waals surface area contributed by atoms with Crippen LogP contribution < -0.4 is 4.90 Å². The van der Waals surface area contributed by atoms with Gasteiger partial charge in [0.05, 0.1) is 18.8 Å². The predicted molar refractivity (Wildman–Crippen MR) is 64.8 cm³/mol. The van der Waals surface area contributed by atoms with Crippen LogP contribution in [0.1, 0.15) is 17.3 Å². The molecular weight excluding hydrogens is 236 g/mol. The maximum atomic E-state index is 11.1. The lowest BCUT2D eigenvalue weighted by Gasteiger charge is -2.37. The SMILES string of the molecule is CC1CN(c2ncccc2C(=O)O)CC(CO)O1. The summed E-state index contributed by atoms with van der Waals surface area (Å²) in [4.78, 5) is 17.1. The van der Waals surface area contributed by atoms with Crippen molar-refractivity contribution in [3.8, 4) is 0 Å². The Labute approximate surface area is 105 Å². The largest absolute Gasteiger partial charge is 0.478 e. The predicted octanol–water partition coefficient (Wildman–Crippen LogP) is 0.366. The van der Waals surface area contributed by atoms with Gasteiger partial charge in [-0.3, -0.25) is 0 Å². The third-order valence-corrected chi connectivity index (χ3v) is 2.85. The minimum atomic E-state index is -1.00. The van der Waals surface area contributed by atoms with Gasteiger partial charge in [0.25, 0.3) is 0 Å². The molecule has 0 bridgehead atoms. The molecule has 1 aliphatic heterocycles. The number of carbonyl (C=O) groups is 1. The van der Waals surface area contributed by atoms with Gasteiger partial charge < -0.3 is 19.8 Å². The fraction of sp³-hybridized carbons (Fsp3) is 0.500. The van der Waals surface area contributed by atoms with Crippen LogP contribution in [-0.2, 0) is 4.74 Å². The molecule has 6 heteroatoms. The molecule has 0 aliphatic carbocycles. The minimum absolute atomic E-state index is 0.0699. The first-order valence-corrected chi connectivity index (χ1v) is 5.81. The van der Waals surface area contributed by atoms with Crippen LogP contribution in [0.25, 0.3) is 0 Å². The molecule has 0 spiro atoms. The van der Waals surface area contributed by atoms with E-state index < -0.39 is 5.97 Å². The zero-order valence-corrected chi connectivity index (χ0v) is 10.1. The second-order valence-corrected chi connectivity index (χ2v) is 4.34. The van der Waals surface area contributed by atoms with Crippen LogP contribution in [0.3, 0.4) is 0 Å². The molecule has 18 heavy (non-hydrogen) atoms. The van der Waals surface area contributed by atoms with Gasteiger partial charge >= 0.3 is 5.97 Å². The van der Waals surface area contributed by atoms with Gasteiger partial charge in [0.1, 0.15) is 11.4 Å². The number of carboxylic acids is 1. The number of aromatic carboxylic acids is 1. The summed E-state index contributed by atoms with van der Waals surface area (Å²) in [6.07, 6.45) is 1.19. The topological polar surface area (TPSA) is 82.9 Å². The van der Waals surface area contributed by atoms with E-state index in [0.717, 1.165) is 0 Å². The number of morpholine rings is 1. The lowest BCUT2D eigenvalue weighted by atomic mass is 10.2. The van der Waals surface area contributed by atoms with E-state index in [4.69, 9.17) is 14.9 Å². The van der Waals surface area contributed by atoms with E-state index in [9.17, 15) is 4.79 Å². The van der Waals surface area contributed by atoms with Crippen molar-refractivity contribution in [3.05, 3.63) is 23.9 Å². The van der Waals surface area contributed by atoms with Gasteiger partial charge in [-0.2, -0.15) is 0 Å². The molecule has 1 aromatic heterocycles. The van der Waals surface area contributed by atoms with Crippen molar-refractivity contribution >= 4 is 11.8 Å². The molecule has 1 aliphatic rings. The van der Waals surface area contributed by atoms with E-state index >= 15 is 0 Å². The molecular formula is C12H16N2O4. The second kappa shape index (κ2) is 5.32. The van der Waals surface area contributed by atoms with E-state index in [2.05, 4.69) is 4.98 Å². The molecule has 0 amide bonds. The first-order chi connectivity index (χ1) is 8.61. The highest BCUT2D eigenvalue weighted by molar-refractivity contribution is 5.93. The second-order valence-electron chi connectivity index (χ2n) is 4.34. The fourth-order valence-corrected chi connectivity index (χ4v) is 2.13. The van der Waals surface area contributed by atoms with Crippen LogP contribution in [0.5, 0.6) is 0 Å². The summed E-state index contributed by atoms with van der Waals surface area (Å²) in [5, 5.41) is 18.3. The number of carboxylic acid groups (broad SMARTS) is 1. The Hall–Kier alpha value is -1.66. The van der Waals surface area contributed by atoms with Crippen LogP contribution >= 0.6 is 0 Å². The van der Waals surface area contributed by atoms with Crippen molar-refractivity contribution in [1.29, 1.82) is 0 Å². The van der Waals surface area contributed by atoms with Crippen molar-refractivity contribution in [2.75, 3.05) is 24.6 Å². The van der Waals surface area contributed by atoms with E-state index in [1.54, 1.807) is 12.3 Å². The highest BCUT2D eigenvalue weighted by atomic mass is 16.5. The molecule has 2 rings (SSSR count). The van der Waals surface area contributed by atoms with Gasteiger partial charge in [-0.05, 0) is 19.1 Å². The van der Waals surface area contributed by atoms with Gasteiger partial charge in [-0.15, -0.1) is 0 Å². The normalized spacial score (nSPS) is 24.0. The summed E-state index contributed by atoms with van der Waals surface area (Å²) in [5.74, 6) is -0.573. The van der Waals surface area contributed by atoms with Gasteiger partial charge in [0.15, 0.2) is 0 Å². The smallest absolute Gasteiger partial charge is 0.339 e. The van der Waals surface area contributed by atoms with Crippen molar-refractivity contribution in [2.45, 2.75) is 19.1 Å². The summed E-state index contributed by atoms with van der Waals surface area (Å²) < 4.78 is 5.52. The van der Waals surface area contributed by atoms with Gasteiger partial charge in [-0.1, -0.05) is 0 Å². The third-order valence-electron chi connectivity index (χ3n) is 2.85. The maximum absolute atomic E-state index is 11.1. The number of hydrogen-bond acceptors (Lipinski definition) is 5.